The van der Waals surface area contributed by atoms with E-state index in [1.165, 1.54) is 0 Å². The van der Waals surface area contributed by atoms with Crippen molar-refractivity contribution in [2.75, 3.05) is 26.2 Å². The first-order chi connectivity index (χ1) is 12.0. The van der Waals surface area contributed by atoms with Gasteiger partial charge in [0.2, 0.25) is 5.91 Å². The molecule has 3 rings (SSSR count). The molecule has 0 aromatic carbocycles. The van der Waals surface area contributed by atoms with Crippen molar-refractivity contribution in [3.63, 3.8) is 0 Å². The van der Waals surface area contributed by atoms with Crippen molar-refractivity contribution in [1.29, 1.82) is 0 Å². The van der Waals surface area contributed by atoms with Crippen LogP contribution < -0.4 is 5.32 Å². The zero-order chi connectivity index (χ0) is 17.8. The van der Waals surface area contributed by atoms with Gasteiger partial charge in [-0.15, -0.1) is 0 Å². The van der Waals surface area contributed by atoms with Crippen molar-refractivity contribution in [3.05, 3.63) is 0 Å². The number of likely N-dealkylation sites (tertiary alicyclic amines) is 2. The first-order valence-corrected chi connectivity index (χ1v) is 9.61. The number of urea groups is 1. The molecule has 0 aromatic rings. The fourth-order valence-electron chi connectivity index (χ4n) is 4.25. The Morgan fingerprint density at radius 1 is 0.760 bits per heavy atom. The number of piperidine rings is 1. The predicted octanol–water partition coefficient (Wildman–Crippen LogP) is 1.67. The molecule has 7 nitrogen and oxygen atoms in total. The van der Waals surface area contributed by atoms with Crippen LogP contribution in [0.25, 0.3) is 0 Å². The number of carboxylic acids is 1. The van der Waals surface area contributed by atoms with Crippen LogP contribution >= 0.6 is 0 Å². The van der Waals surface area contributed by atoms with Gasteiger partial charge in [0.05, 0.1) is 5.92 Å². The van der Waals surface area contributed by atoms with Gasteiger partial charge < -0.3 is 20.2 Å². The smallest absolute Gasteiger partial charge is 0.319 e. The summed E-state index contributed by atoms with van der Waals surface area (Å²) < 4.78 is 0. The van der Waals surface area contributed by atoms with Gasteiger partial charge in [-0.1, -0.05) is 0 Å². The molecule has 2 saturated heterocycles. The van der Waals surface area contributed by atoms with E-state index < -0.39 is 5.97 Å². The molecule has 2 aliphatic heterocycles. The highest BCUT2D eigenvalue weighted by molar-refractivity contribution is 5.80. The van der Waals surface area contributed by atoms with Gasteiger partial charge in [0, 0.05) is 38.1 Å². The molecule has 2 heterocycles. The van der Waals surface area contributed by atoms with E-state index in [2.05, 4.69) is 5.32 Å². The Kier molecular flexibility index (Phi) is 5.81. The van der Waals surface area contributed by atoms with Crippen molar-refractivity contribution in [2.24, 2.45) is 11.8 Å². The van der Waals surface area contributed by atoms with E-state index in [4.69, 9.17) is 5.11 Å². The number of hydrogen-bond acceptors (Lipinski definition) is 3. The largest absolute Gasteiger partial charge is 0.481 e. The van der Waals surface area contributed by atoms with Gasteiger partial charge in [0.1, 0.15) is 0 Å². The van der Waals surface area contributed by atoms with Crippen molar-refractivity contribution in [1.82, 2.24) is 15.1 Å². The fourth-order valence-corrected chi connectivity index (χ4v) is 4.25. The number of rotatable bonds is 3. The molecule has 0 unspecified atom stereocenters. The molecule has 0 aromatic heterocycles. The lowest BCUT2D eigenvalue weighted by Crippen LogP contribution is -2.49. The molecule has 0 bridgehead atoms. The van der Waals surface area contributed by atoms with Gasteiger partial charge in [-0.05, 0) is 51.4 Å². The summed E-state index contributed by atoms with van der Waals surface area (Å²) in [5.41, 5.74) is 0. The Bertz CT molecular complexity index is 502. The third kappa shape index (κ3) is 4.44. The monoisotopic (exact) mass is 351 g/mol. The van der Waals surface area contributed by atoms with E-state index >= 15 is 0 Å². The Labute approximate surface area is 148 Å². The van der Waals surface area contributed by atoms with Crippen LogP contribution in [0.15, 0.2) is 0 Å². The van der Waals surface area contributed by atoms with Gasteiger partial charge in [-0.2, -0.15) is 0 Å². The molecule has 2 N–H and O–H groups in total. The van der Waals surface area contributed by atoms with Crippen LogP contribution in [0.2, 0.25) is 0 Å². The molecule has 0 radical (unpaired) electrons. The second-order valence-electron chi connectivity index (χ2n) is 7.63. The maximum atomic E-state index is 12.5. The second kappa shape index (κ2) is 8.06. The summed E-state index contributed by atoms with van der Waals surface area (Å²) in [5.74, 6) is -0.931. The summed E-state index contributed by atoms with van der Waals surface area (Å²) in [7, 11) is 0. The Morgan fingerprint density at radius 3 is 1.88 bits per heavy atom. The molecule has 3 fully saturated rings. The highest BCUT2D eigenvalue weighted by atomic mass is 16.4. The van der Waals surface area contributed by atoms with Gasteiger partial charge >= 0.3 is 12.0 Å². The maximum Gasteiger partial charge on any atom is 0.319 e. The van der Waals surface area contributed by atoms with Gasteiger partial charge in [0.15, 0.2) is 0 Å². The van der Waals surface area contributed by atoms with E-state index in [9.17, 15) is 14.4 Å². The minimum atomic E-state index is -0.722. The second-order valence-corrected chi connectivity index (χ2v) is 7.63. The quantitative estimate of drug-likeness (QED) is 0.809. The minimum absolute atomic E-state index is 0.0279. The number of nitrogens with one attached hydrogen (secondary N) is 1. The Balaban J connectivity index is 1.40. The standard InChI is InChI=1S/C18H29N3O4/c22-16(19-15-5-3-14(4-6-15)17(23)24)13-7-11-21(12-8-13)18(25)20-9-1-2-10-20/h13-15H,1-12H2,(H,19,22)(H,23,24). The number of carbonyl (C=O) groups excluding carboxylic acids is 2. The summed E-state index contributed by atoms with van der Waals surface area (Å²) in [5, 5.41) is 12.1. The summed E-state index contributed by atoms with van der Waals surface area (Å²) in [6.45, 7) is 3.02. The van der Waals surface area contributed by atoms with Crippen LogP contribution in [0, 0.1) is 11.8 Å². The minimum Gasteiger partial charge on any atom is -0.481 e. The van der Waals surface area contributed by atoms with Crippen molar-refractivity contribution >= 4 is 17.9 Å². The molecule has 7 heteroatoms. The Hall–Kier alpha value is -1.79. The van der Waals surface area contributed by atoms with Crippen LogP contribution in [0.4, 0.5) is 4.79 Å². The van der Waals surface area contributed by atoms with E-state index in [0.717, 1.165) is 51.6 Å². The molecule has 1 saturated carbocycles. The SMILES string of the molecule is O=C(O)C1CCC(NC(=O)C2CCN(C(=O)N3CCCC3)CC2)CC1. The highest BCUT2D eigenvalue weighted by Gasteiger charge is 2.32. The van der Waals surface area contributed by atoms with E-state index in [1.807, 2.05) is 9.80 Å². The number of nitrogens with zero attached hydrogens (tertiary/aromatic N) is 2. The zero-order valence-corrected chi connectivity index (χ0v) is 14.8. The van der Waals surface area contributed by atoms with E-state index in [-0.39, 0.29) is 29.8 Å². The van der Waals surface area contributed by atoms with Gasteiger partial charge in [0.25, 0.3) is 0 Å². The zero-order valence-electron chi connectivity index (χ0n) is 14.8. The summed E-state index contributed by atoms with van der Waals surface area (Å²) in [6, 6.07) is 0.232. The number of amides is 3. The third-order valence-corrected chi connectivity index (χ3v) is 5.94. The third-order valence-electron chi connectivity index (χ3n) is 5.94. The van der Waals surface area contributed by atoms with E-state index in [0.29, 0.717) is 25.9 Å². The van der Waals surface area contributed by atoms with Crippen LogP contribution in [-0.4, -0.2) is 65.0 Å². The van der Waals surface area contributed by atoms with Crippen LogP contribution in [0.5, 0.6) is 0 Å². The number of hydrogen-bond donors (Lipinski definition) is 2. The van der Waals surface area contributed by atoms with Crippen molar-refractivity contribution < 1.29 is 19.5 Å². The molecule has 25 heavy (non-hydrogen) atoms. The molecule has 1 aliphatic carbocycles. The molecule has 140 valence electrons. The fraction of sp³-hybridized carbons (Fsp3) is 0.833. The number of carboxylic acid groups (broad SMARTS) is 1. The van der Waals surface area contributed by atoms with Gasteiger partial charge in [-0.25, -0.2) is 4.79 Å². The number of aliphatic carboxylic acids is 1. The molecular weight excluding hydrogens is 322 g/mol. The van der Waals surface area contributed by atoms with Gasteiger partial charge in [-0.3, -0.25) is 9.59 Å². The lowest BCUT2D eigenvalue weighted by atomic mass is 9.85. The first-order valence-electron chi connectivity index (χ1n) is 9.61. The average Bonchev–Trinajstić information content (AvgIpc) is 3.16. The molecule has 3 amide bonds. The van der Waals surface area contributed by atoms with Crippen molar-refractivity contribution in [2.45, 2.75) is 57.4 Å². The maximum absolute atomic E-state index is 12.5. The predicted molar refractivity (Wildman–Crippen MR) is 92.0 cm³/mol. The number of carbonyl (C=O) groups is 3. The van der Waals surface area contributed by atoms with E-state index in [1.54, 1.807) is 0 Å². The topological polar surface area (TPSA) is 90.0 Å². The summed E-state index contributed by atoms with van der Waals surface area (Å²) >= 11 is 0. The van der Waals surface area contributed by atoms with Crippen LogP contribution in [0.3, 0.4) is 0 Å². The average molecular weight is 351 g/mol. The van der Waals surface area contributed by atoms with Crippen LogP contribution in [-0.2, 0) is 9.59 Å². The first kappa shape index (κ1) is 18.0. The molecule has 3 aliphatic rings. The normalized spacial score (nSPS) is 28.0. The van der Waals surface area contributed by atoms with Crippen LogP contribution in [0.1, 0.15) is 51.4 Å². The highest BCUT2D eigenvalue weighted by Crippen LogP contribution is 2.26. The van der Waals surface area contributed by atoms with Crippen molar-refractivity contribution in [3.8, 4) is 0 Å². The summed E-state index contributed by atoms with van der Waals surface area (Å²) in [4.78, 5) is 39.6. The lowest BCUT2D eigenvalue weighted by molar-refractivity contribution is -0.142. The lowest BCUT2D eigenvalue weighted by Gasteiger charge is -2.35. The Morgan fingerprint density at radius 2 is 1.32 bits per heavy atom. The summed E-state index contributed by atoms with van der Waals surface area (Å²) in [6.07, 6.45) is 6.39. The molecular formula is C18H29N3O4. The molecule has 0 atom stereocenters. The molecule has 0 spiro atoms.